The summed E-state index contributed by atoms with van der Waals surface area (Å²) in [7, 11) is 2.02. The number of hydrogen-bond acceptors (Lipinski definition) is 2. The number of likely N-dealkylation sites (N-methyl/N-ethyl adjacent to an activating group) is 1. The summed E-state index contributed by atoms with van der Waals surface area (Å²) < 4.78 is 30.4. The molecular formula is C12H14BrF2NO. The maximum atomic E-state index is 12.2. The third-order valence-electron chi connectivity index (χ3n) is 2.82. The summed E-state index contributed by atoms with van der Waals surface area (Å²) in [4.78, 5) is 2.16. The van der Waals surface area contributed by atoms with E-state index in [4.69, 9.17) is 4.74 Å². The molecular weight excluding hydrogens is 292 g/mol. The number of halogens is 3. The van der Waals surface area contributed by atoms with Gasteiger partial charge in [0.05, 0.1) is 0 Å². The van der Waals surface area contributed by atoms with E-state index >= 15 is 0 Å². The van der Waals surface area contributed by atoms with E-state index in [2.05, 4.69) is 20.8 Å². The van der Waals surface area contributed by atoms with E-state index in [0.717, 1.165) is 29.5 Å². The molecule has 0 unspecified atom stereocenters. The van der Waals surface area contributed by atoms with Crippen molar-refractivity contribution in [1.29, 1.82) is 0 Å². The van der Waals surface area contributed by atoms with Gasteiger partial charge in [0.25, 0.3) is 6.43 Å². The second-order valence-corrected chi connectivity index (χ2v) is 5.15. The molecule has 0 aromatic heterocycles. The highest BCUT2D eigenvalue weighted by atomic mass is 79.9. The molecule has 0 N–H and O–H groups in total. The molecule has 0 saturated carbocycles. The Morgan fingerprint density at radius 2 is 2.24 bits per heavy atom. The van der Waals surface area contributed by atoms with Crippen LogP contribution in [0, 0.1) is 0 Å². The summed E-state index contributed by atoms with van der Waals surface area (Å²) >= 11 is 3.38. The molecule has 0 radical (unpaired) electrons. The van der Waals surface area contributed by atoms with Gasteiger partial charge in [0.2, 0.25) is 0 Å². The number of hydrogen-bond donors (Lipinski definition) is 0. The van der Waals surface area contributed by atoms with Crippen molar-refractivity contribution in [2.75, 3.05) is 20.2 Å². The maximum Gasteiger partial charge on any atom is 0.272 e. The fourth-order valence-corrected chi connectivity index (χ4v) is 2.49. The highest BCUT2D eigenvalue weighted by Crippen LogP contribution is 2.31. The Morgan fingerprint density at radius 1 is 1.47 bits per heavy atom. The van der Waals surface area contributed by atoms with Crippen LogP contribution in [-0.2, 0) is 13.0 Å². The first kappa shape index (κ1) is 12.8. The van der Waals surface area contributed by atoms with E-state index in [1.807, 2.05) is 13.1 Å². The van der Waals surface area contributed by atoms with Gasteiger partial charge in [-0.25, -0.2) is 8.78 Å². The normalized spacial score (nSPS) is 16.1. The second-order valence-electron chi connectivity index (χ2n) is 4.23. The van der Waals surface area contributed by atoms with Crippen LogP contribution in [0.4, 0.5) is 8.78 Å². The van der Waals surface area contributed by atoms with Crippen molar-refractivity contribution < 1.29 is 13.5 Å². The van der Waals surface area contributed by atoms with Crippen LogP contribution < -0.4 is 4.74 Å². The molecule has 0 saturated heterocycles. The van der Waals surface area contributed by atoms with E-state index in [-0.39, 0.29) is 0 Å². The van der Waals surface area contributed by atoms with Crippen molar-refractivity contribution in [3.63, 3.8) is 0 Å². The minimum atomic E-state index is -2.44. The zero-order valence-corrected chi connectivity index (χ0v) is 11.1. The van der Waals surface area contributed by atoms with Crippen molar-refractivity contribution in [3.8, 4) is 5.75 Å². The van der Waals surface area contributed by atoms with Crippen LogP contribution in [-0.4, -0.2) is 31.5 Å². The minimum Gasteiger partial charge on any atom is -0.487 e. The summed E-state index contributed by atoms with van der Waals surface area (Å²) in [5.41, 5.74) is 2.21. The smallest absolute Gasteiger partial charge is 0.272 e. The van der Waals surface area contributed by atoms with E-state index in [9.17, 15) is 8.78 Å². The zero-order chi connectivity index (χ0) is 12.4. The van der Waals surface area contributed by atoms with Crippen molar-refractivity contribution in [3.05, 3.63) is 27.7 Å². The topological polar surface area (TPSA) is 12.5 Å². The van der Waals surface area contributed by atoms with Crippen molar-refractivity contribution in [2.45, 2.75) is 19.4 Å². The fourth-order valence-electron chi connectivity index (χ4n) is 2.01. The van der Waals surface area contributed by atoms with Gasteiger partial charge in [-0.05, 0) is 31.2 Å². The maximum absolute atomic E-state index is 12.2. The summed E-state index contributed by atoms with van der Waals surface area (Å²) in [6.07, 6.45) is -1.51. The van der Waals surface area contributed by atoms with E-state index in [0.29, 0.717) is 5.75 Å². The Labute approximate surface area is 108 Å². The number of benzene rings is 1. The number of alkyl halides is 2. The number of rotatable bonds is 3. The summed E-state index contributed by atoms with van der Waals surface area (Å²) in [6.45, 7) is 1.19. The molecule has 1 aliphatic rings. The lowest BCUT2D eigenvalue weighted by atomic mass is 9.99. The Kier molecular flexibility index (Phi) is 3.99. The number of nitrogens with zero attached hydrogens (tertiary/aromatic N) is 1. The van der Waals surface area contributed by atoms with Crippen LogP contribution in [0.3, 0.4) is 0 Å². The lowest BCUT2D eigenvalue weighted by molar-refractivity contribution is 0.0807. The van der Waals surface area contributed by atoms with Gasteiger partial charge in [-0.3, -0.25) is 0 Å². The van der Waals surface area contributed by atoms with Gasteiger partial charge >= 0.3 is 0 Å². The second kappa shape index (κ2) is 5.31. The highest BCUT2D eigenvalue weighted by molar-refractivity contribution is 9.10. The Balaban J connectivity index is 2.27. The largest absolute Gasteiger partial charge is 0.487 e. The summed E-state index contributed by atoms with van der Waals surface area (Å²) in [5.74, 6) is 0.571. The quantitative estimate of drug-likeness (QED) is 0.851. The van der Waals surface area contributed by atoms with Gasteiger partial charge in [-0.15, -0.1) is 0 Å². The van der Waals surface area contributed by atoms with Crippen molar-refractivity contribution in [2.24, 2.45) is 0 Å². The minimum absolute atomic E-state index is 0.549. The third-order valence-corrected chi connectivity index (χ3v) is 3.28. The molecule has 0 atom stereocenters. The van der Waals surface area contributed by atoms with Crippen LogP contribution in [0.15, 0.2) is 16.6 Å². The fraction of sp³-hybridized carbons (Fsp3) is 0.500. The van der Waals surface area contributed by atoms with E-state index in [1.165, 1.54) is 5.56 Å². The highest BCUT2D eigenvalue weighted by Gasteiger charge is 2.19. The Bertz CT molecular complexity index is 412. The Hall–Kier alpha value is -0.680. The van der Waals surface area contributed by atoms with Gasteiger partial charge in [-0.1, -0.05) is 15.9 Å². The van der Waals surface area contributed by atoms with E-state index < -0.39 is 13.0 Å². The third kappa shape index (κ3) is 3.16. The molecule has 1 aliphatic heterocycles. The molecule has 0 aliphatic carbocycles. The van der Waals surface area contributed by atoms with Crippen LogP contribution in [0.1, 0.15) is 11.1 Å². The first-order chi connectivity index (χ1) is 8.06. The molecule has 0 amide bonds. The SMILES string of the molecule is CN1CCc2cc(Br)cc(OCC(F)F)c2C1. The molecule has 2 nitrogen and oxygen atoms in total. The molecule has 1 aromatic carbocycles. The molecule has 94 valence electrons. The molecule has 0 fully saturated rings. The van der Waals surface area contributed by atoms with Gasteiger partial charge in [0.1, 0.15) is 12.4 Å². The predicted octanol–water partition coefficient (Wildman–Crippen LogP) is 3.08. The lowest BCUT2D eigenvalue weighted by Gasteiger charge is -2.27. The molecule has 0 bridgehead atoms. The molecule has 17 heavy (non-hydrogen) atoms. The Morgan fingerprint density at radius 3 is 2.94 bits per heavy atom. The monoisotopic (exact) mass is 305 g/mol. The lowest BCUT2D eigenvalue weighted by Crippen LogP contribution is -2.27. The zero-order valence-electron chi connectivity index (χ0n) is 9.55. The van der Waals surface area contributed by atoms with E-state index in [1.54, 1.807) is 6.07 Å². The molecule has 2 rings (SSSR count). The van der Waals surface area contributed by atoms with Crippen LogP contribution in [0.2, 0.25) is 0 Å². The average molecular weight is 306 g/mol. The van der Waals surface area contributed by atoms with Gasteiger partial charge in [-0.2, -0.15) is 0 Å². The van der Waals surface area contributed by atoms with Crippen molar-refractivity contribution >= 4 is 15.9 Å². The predicted molar refractivity (Wildman–Crippen MR) is 65.7 cm³/mol. The average Bonchev–Trinajstić information content (AvgIpc) is 2.26. The number of fused-ring (bicyclic) bond motifs is 1. The van der Waals surface area contributed by atoms with Gasteiger partial charge < -0.3 is 9.64 Å². The summed E-state index contributed by atoms with van der Waals surface area (Å²) in [6, 6.07) is 3.80. The van der Waals surface area contributed by atoms with Crippen LogP contribution >= 0.6 is 15.9 Å². The first-order valence-electron chi connectivity index (χ1n) is 5.47. The van der Waals surface area contributed by atoms with Gasteiger partial charge in [0, 0.05) is 23.1 Å². The molecule has 5 heteroatoms. The first-order valence-corrected chi connectivity index (χ1v) is 6.26. The van der Waals surface area contributed by atoms with Crippen molar-refractivity contribution in [1.82, 2.24) is 4.90 Å². The number of ether oxygens (including phenoxy) is 1. The van der Waals surface area contributed by atoms with Crippen LogP contribution in [0.5, 0.6) is 5.75 Å². The van der Waals surface area contributed by atoms with Gasteiger partial charge in [0.15, 0.2) is 0 Å². The summed E-state index contributed by atoms with van der Waals surface area (Å²) in [5, 5.41) is 0. The van der Waals surface area contributed by atoms with Crippen LogP contribution in [0.25, 0.3) is 0 Å². The molecule has 0 spiro atoms. The molecule has 1 heterocycles. The standard InChI is InChI=1S/C12H14BrF2NO/c1-16-3-2-8-4-9(13)5-11(10(8)6-16)17-7-12(14)15/h4-5,12H,2-3,6-7H2,1H3. The molecule has 1 aromatic rings.